The largest absolute Gasteiger partial charge is 0.480 e. The summed E-state index contributed by atoms with van der Waals surface area (Å²) in [6, 6.07) is -2.45. The van der Waals surface area contributed by atoms with Crippen LogP contribution in [-0.4, -0.2) is 65.0 Å². The molecule has 0 radical (unpaired) electrons. The minimum absolute atomic E-state index is 0.0212. The zero-order chi connectivity index (χ0) is 19.9. The minimum atomic E-state index is -1.03. The SMILES string of the molecule is CC(C)[C@H](NC(=O)[C@@H](N)CCCN=C(N)N)C(=O)N1CCC[C@@H]1C(=O)O. The number of carboxylic acids is 1. The number of carbonyl (C=O) groups is 3. The number of guanidine groups is 1. The van der Waals surface area contributed by atoms with Crippen molar-refractivity contribution in [2.45, 2.75) is 57.7 Å². The molecule has 0 unspecified atom stereocenters. The molecule has 1 aliphatic rings. The zero-order valence-electron chi connectivity index (χ0n) is 15.4. The van der Waals surface area contributed by atoms with Crippen molar-refractivity contribution in [3.8, 4) is 0 Å². The monoisotopic (exact) mass is 370 g/mol. The van der Waals surface area contributed by atoms with Crippen molar-refractivity contribution in [1.82, 2.24) is 10.2 Å². The summed E-state index contributed by atoms with van der Waals surface area (Å²) in [5.41, 5.74) is 16.3. The summed E-state index contributed by atoms with van der Waals surface area (Å²) < 4.78 is 0. The summed E-state index contributed by atoms with van der Waals surface area (Å²) in [6.07, 6.45) is 1.94. The Hall–Kier alpha value is -2.36. The normalized spacial score (nSPS) is 19.1. The summed E-state index contributed by atoms with van der Waals surface area (Å²) in [5, 5.41) is 11.9. The lowest BCUT2D eigenvalue weighted by molar-refractivity contribution is -0.150. The molecule has 1 rings (SSSR count). The Morgan fingerprint density at radius 1 is 1.31 bits per heavy atom. The van der Waals surface area contributed by atoms with Gasteiger partial charge in [0.15, 0.2) is 5.96 Å². The average Bonchev–Trinajstić information content (AvgIpc) is 3.04. The fraction of sp³-hybridized carbons (Fsp3) is 0.750. The Kier molecular flexibility index (Phi) is 8.30. The molecule has 10 heteroatoms. The van der Waals surface area contributed by atoms with Crippen LogP contribution in [0.5, 0.6) is 0 Å². The molecule has 1 fully saturated rings. The van der Waals surface area contributed by atoms with Crippen LogP contribution >= 0.6 is 0 Å². The predicted molar refractivity (Wildman–Crippen MR) is 97.0 cm³/mol. The van der Waals surface area contributed by atoms with Crippen molar-refractivity contribution < 1.29 is 19.5 Å². The van der Waals surface area contributed by atoms with Gasteiger partial charge in [-0.05, 0) is 31.6 Å². The number of amides is 2. The molecule has 0 aliphatic carbocycles. The molecule has 0 aromatic carbocycles. The molecule has 0 bridgehead atoms. The van der Waals surface area contributed by atoms with E-state index in [9.17, 15) is 19.5 Å². The van der Waals surface area contributed by atoms with Gasteiger partial charge in [-0.2, -0.15) is 0 Å². The number of hydrogen-bond acceptors (Lipinski definition) is 5. The lowest BCUT2D eigenvalue weighted by Crippen LogP contribution is -2.56. The van der Waals surface area contributed by atoms with Crippen molar-refractivity contribution in [1.29, 1.82) is 0 Å². The molecule has 148 valence electrons. The quantitative estimate of drug-likeness (QED) is 0.188. The van der Waals surface area contributed by atoms with Gasteiger partial charge in [0.2, 0.25) is 11.8 Å². The van der Waals surface area contributed by atoms with Crippen LogP contribution in [0.3, 0.4) is 0 Å². The van der Waals surface area contributed by atoms with Crippen LogP contribution in [0.4, 0.5) is 0 Å². The van der Waals surface area contributed by atoms with E-state index in [2.05, 4.69) is 10.3 Å². The summed E-state index contributed by atoms with van der Waals surface area (Å²) in [6.45, 7) is 4.32. The van der Waals surface area contributed by atoms with E-state index in [1.54, 1.807) is 13.8 Å². The van der Waals surface area contributed by atoms with Gasteiger partial charge in [-0.1, -0.05) is 13.8 Å². The van der Waals surface area contributed by atoms with Crippen molar-refractivity contribution in [3.63, 3.8) is 0 Å². The van der Waals surface area contributed by atoms with Crippen molar-refractivity contribution in [3.05, 3.63) is 0 Å². The third-order valence-corrected chi connectivity index (χ3v) is 4.36. The maximum atomic E-state index is 12.8. The molecule has 0 aromatic rings. The summed E-state index contributed by atoms with van der Waals surface area (Å²) in [4.78, 5) is 41.5. The molecule has 8 N–H and O–H groups in total. The van der Waals surface area contributed by atoms with Gasteiger partial charge in [0.1, 0.15) is 12.1 Å². The first kappa shape index (κ1) is 21.7. The standard InChI is InChI=1S/C16H30N6O4/c1-9(2)12(14(24)22-8-4-6-11(22)15(25)26)21-13(23)10(17)5-3-7-20-16(18)19/h9-12H,3-8,17H2,1-2H3,(H,21,23)(H,25,26)(H4,18,19,20)/t10-,11+,12-/m0/s1. The van der Waals surface area contributed by atoms with E-state index in [0.717, 1.165) is 0 Å². The molecule has 10 nitrogen and oxygen atoms in total. The number of hydrogen-bond donors (Lipinski definition) is 5. The van der Waals surface area contributed by atoms with Gasteiger partial charge in [0.25, 0.3) is 0 Å². The van der Waals surface area contributed by atoms with E-state index in [1.165, 1.54) is 4.90 Å². The number of aliphatic carboxylic acids is 1. The van der Waals surface area contributed by atoms with E-state index in [4.69, 9.17) is 17.2 Å². The van der Waals surface area contributed by atoms with Crippen LogP contribution in [0.2, 0.25) is 0 Å². The molecule has 0 aromatic heterocycles. The minimum Gasteiger partial charge on any atom is -0.480 e. The Morgan fingerprint density at radius 3 is 2.50 bits per heavy atom. The smallest absolute Gasteiger partial charge is 0.326 e. The fourth-order valence-corrected chi connectivity index (χ4v) is 2.89. The Labute approximate surface area is 153 Å². The molecule has 0 saturated carbocycles. The molecule has 3 atom stereocenters. The second-order valence-electron chi connectivity index (χ2n) is 6.81. The van der Waals surface area contributed by atoms with Gasteiger partial charge in [0.05, 0.1) is 6.04 Å². The van der Waals surface area contributed by atoms with Crippen LogP contribution in [0.25, 0.3) is 0 Å². The van der Waals surface area contributed by atoms with E-state index >= 15 is 0 Å². The number of aliphatic imine (C=N–C) groups is 1. The number of likely N-dealkylation sites (tertiary alicyclic amines) is 1. The Morgan fingerprint density at radius 2 is 1.96 bits per heavy atom. The van der Waals surface area contributed by atoms with Crippen LogP contribution in [-0.2, 0) is 14.4 Å². The highest BCUT2D eigenvalue weighted by Crippen LogP contribution is 2.20. The first-order valence-corrected chi connectivity index (χ1v) is 8.79. The van der Waals surface area contributed by atoms with Crippen LogP contribution in [0.15, 0.2) is 4.99 Å². The number of nitrogens with two attached hydrogens (primary N) is 3. The Bertz CT molecular complexity index is 547. The summed E-state index contributed by atoms with van der Waals surface area (Å²) in [5.74, 6) is -2.08. The molecule has 1 heterocycles. The lowest BCUT2D eigenvalue weighted by Gasteiger charge is -2.30. The number of nitrogens with zero attached hydrogens (tertiary/aromatic N) is 2. The first-order chi connectivity index (χ1) is 12.1. The topological polar surface area (TPSA) is 177 Å². The number of nitrogens with one attached hydrogen (secondary N) is 1. The second kappa shape index (κ2) is 9.95. The second-order valence-corrected chi connectivity index (χ2v) is 6.81. The molecular formula is C16H30N6O4. The highest BCUT2D eigenvalue weighted by atomic mass is 16.4. The van der Waals surface area contributed by atoms with Gasteiger partial charge in [-0.25, -0.2) is 4.79 Å². The highest BCUT2D eigenvalue weighted by Gasteiger charge is 2.38. The highest BCUT2D eigenvalue weighted by molar-refractivity contribution is 5.92. The summed E-state index contributed by atoms with van der Waals surface area (Å²) >= 11 is 0. The van der Waals surface area contributed by atoms with Gasteiger partial charge >= 0.3 is 5.97 Å². The van der Waals surface area contributed by atoms with Crippen LogP contribution in [0, 0.1) is 5.92 Å². The molecule has 26 heavy (non-hydrogen) atoms. The summed E-state index contributed by atoms with van der Waals surface area (Å²) in [7, 11) is 0. The van der Waals surface area contributed by atoms with Crippen molar-refractivity contribution >= 4 is 23.7 Å². The fourth-order valence-electron chi connectivity index (χ4n) is 2.89. The van der Waals surface area contributed by atoms with Gasteiger partial charge in [-0.3, -0.25) is 14.6 Å². The van der Waals surface area contributed by atoms with Crippen LogP contribution < -0.4 is 22.5 Å². The molecule has 1 aliphatic heterocycles. The van der Waals surface area contributed by atoms with E-state index < -0.39 is 30.0 Å². The van der Waals surface area contributed by atoms with E-state index in [1.807, 2.05) is 0 Å². The number of carboxylic acid groups (broad SMARTS) is 1. The molecule has 1 saturated heterocycles. The van der Waals surface area contributed by atoms with E-state index in [0.29, 0.717) is 38.8 Å². The van der Waals surface area contributed by atoms with E-state index in [-0.39, 0.29) is 17.8 Å². The average molecular weight is 370 g/mol. The van der Waals surface area contributed by atoms with Crippen molar-refractivity contribution in [2.24, 2.45) is 28.1 Å². The van der Waals surface area contributed by atoms with Crippen LogP contribution in [0.1, 0.15) is 39.5 Å². The molecule has 2 amide bonds. The maximum Gasteiger partial charge on any atom is 0.326 e. The third kappa shape index (κ3) is 6.17. The van der Waals surface area contributed by atoms with Gasteiger partial charge in [-0.15, -0.1) is 0 Å². The Balaban J connectivity index is 2.66. The zero-order valence-corrected chi connectivity index (χ0v) is 15.4. The third-order valence-electron chi connectivity index (χ3n) is 4.36. The predicted octanol–water partition coefficient (Wildman–Crippen LogP) is -1.42. The lowest BCUT2D eigenvalue weighted by atomic mass is 10.0. The van der Waals surface area contributed by atoms with Crippen molar-refractivity contribution in [2.75, 3.05) is 13.1 Å². The molecule has 0 spiro atoms. The van der Waals surface area contributed by atoms with Gasteiger partial charge in [0, 0.05) is 13.1 Å². The molecular weight excluding hydrogens is 340 g/mol. The first-order valence-electron chi connectivity index (χ1n) is 8.79. The number of rotatable bonds is 9. The van der Waals surface area contributed by atoms with Gasteiger partial charge < -0.3 is 32.5 Å². The number of carbonyl (C=O) groups excluding carboxylic acids is 2. The maximum absolute atomic E-state index is 12.8.